The van der Waals surface area contributed by atoms with Crippen molar-refractivity contribution in [3.05, 3.63) is 0 Å². The molecule has 2 saturated carbocycles. The molecule has 0 aromatic carbocycles. The van der Waals surface area contributed by atoms with Crippen molar-refractivity contribution in [2.24, 2.45) is 5.92 Å². The molecule has 0 aromatic heterocycles. The van der Waals surface area contributed by atoms with E-state index in [0.717, 1.165) is 37.6 Å². The number of alkyl carbamates (subject to hydrolysis) is 1. The van der Waals surface area contributed by atoms with Crippen LogP contribution in [-0.2, 0) is 4.74 Å². The standard InChI is InChI=1S/C16H30N2O2/c1-11-9-14(10-11)17-12-5-7-13(8-6-12)18-15(19)20-16(2,3)4/h11-14,17H,5-10H2,1-4H3,(H,18,19). The van der Waals surface area contributed by atoms with E-state index in [1.807, 2.05) is 20.8 Å². The fourth-order valence-corrected chi connectivity index (χ4v) is 3.25. The molecule has 0 radical (unpaired) electrons. The number of carbonyl (C=O) groups is 1. The maximum absolute atomic E-state index is 11.7. The minimum atomic E-state index is -0.413. The van der Waals surface area contributed by atoms with Gasteiger partial charge in [0.05, 0.1) is 0 Å². The van der Waals surface area contributed by atoms with E-state index in [4.69, 9.17) is 4.74 Å². The van der Waals surface area contributed by atoms with Crippen LogP contribution < -0.4 is 10.6 Å². The molecule has 0 heterocycles. The highest BCUT2D eigenvalue weighted by atomic mass is 16.6. The number of hydrogen-bond acceptors (Lipinski definition) is 3. The third kappa shape index (κ3) is 4.97. The van der Waals surface area contributed by atoms with Gasteiger partial charge in [0, 0.05) is 18.1 Å². The predicted octanol–water partition coefficient (Wildman–Crippen LogP) is 3.21. The predicted molar refractivity (Wildman–Crippen MR) is 80.7 cm³/mol. The zero-order chi connectivity index (χ0) is 14.8. The number of rotatable bonds is 3. The van der Waals surface area contributed by atoms with Crippen LogP contribution in [0.4, 0.5) is 4.79 Å². The molecule has 20 heavy (non-hydrogen) atoms. The fraction of sp³-hybridized carbons (Fsp3) is 0.938. The van der Waals surface area contributed by atoms with Gasteiger partial charge in [-0.2, -0.15) is 0 Å². The van der Waals surface area contributed by atoms with Crippen LogP contribution in [0, 0.1) is 5.92 Å². The van der Waals surface area contributed by atoms with Crippen LogP contribution in [-0.4, -0.2) is 29.8 Å². The molecule has 2 N–H and O–H groups in total. The normalized spacial score (nSPS) is 34.2. The van der Waals surface area contributed by atoms with Crippen molar-refractivity contribution >= 4 is 6.09 Å². The molecule has 0 spiro atoms. The van der Waals surface area contributed by atoms with Gasteiger partial charge in [-0.25, -0.2) is 4.79 Å². The molecule has 2 aliphatic carbocycles. The van der Waals surface area contributed by atoms with Gasteiger partial charge in [-0.3, -0.25) is 0 Å². The van der Waals surface area contributed by atoms with Crippen LogP contribution >= 0.6 is 0 Å². The minimum absolute atomic E-state index is 0.276. The zero-order valence-corrected chi connectivity index (χ0v) is 13.4. The summed E-state index contributed by atoms with van der Waals surface area (Å²) < 4.78 is 5.30. The van der Waals surface area contributed by atoms with E-state index in [-0.39, 0.29) is 12.1 Å². The molecule has 0 aromatic rings. The summed E-state index contributed by atoms with van der Waals surface area (Å²) in [5.74, 6) is 0.901. The lowest BCUT2D eigenvalue weighted by atomic mass is 9.80. The molecular weight excluding hydrogens is 252 g/mol. The van der Waals surface area contributed by atoms with Gasteiger partial charge in [-0.1, -0.05) is 6.92 Å². The van der Waals surface area contributed by atoms with Crippen LogP contribution in [0.5, 0.6) is 0 Å². The van der Waals surface area contributed by atoms with Gasteiger partial charge < -0.3 is 15.4 Å². The van der Waals surface area contributed by atoms with Crippen molar-refractivity contribution < 1.29 is 9.53 Å². The quantitative estimate of drug-likeness (QED) is 0.835. The van der Waals surface area contributed by atoms with Gasteiger partial charge in [-0.15, -0.1) is 0 Å². The van der Waals surface area contributed by atoms with E-state index < -0.39 is 5.60 Å². The van der Waals surface area contributed by atoms with Crippen molar-refractivity contribution in [1.82, 2.24) is 10.6 Å². The lowest BCUT2D eigenvalue weighted by Gasteiger charge is -2.39. The fourth-order valence-electron chi connectivity index (χ4n) is 3.25. The lowest BCUT2D eigenvalue weighted by Crippen LogP contribution is -2.49. The number of hydrogen-bond donors (Lipinski definition) is 2. The number of carbonyl (C=O) groups excluding carboxylic acids is 1. The molecule has 2 rings (SSSR count). The van der Waals surface area contributed by atoms with Gasteiger partial charge in [0.25, 0.3) is 0 Å². The Morgan fingerprint density at radius 2 is 1.55 bits per heavy atom. The average molecular weight is 282 g/mol. The second-order valence-corrected chi connectivity index (χ2v) is 7.63. The third-order valence-corrected chi connectivity index (χ3v) is 4.29. The summed E-state index contributed by atoms with van der Waals surface area (Å²) in [4.78, 5) is 11.7. The Balaban J connectivity index is 1.63. The Morgan fingerprint density at radius 3 is 2.05 bits per heavy atom. The van der Waals surface area contributed by atoms with Gasteiger partial charge in [0.15, 0.2) is 0 Å². The van der Waals surface area contributed by atoms with E-state index >= 15 is 0 Å². The molecule has 0 bridgehead atoms. The molecular formula is C16H30N2O2. The smallest absolute Gasteiger partial charge is 0.407 e. The average Bonchev–Trinajstić information content (AvgIpc) is 2.27. The van der Waals surface area contributed by atoms with Crippen LogP contribution in [0.15, 0.2) is 0 Å². The number of amides is 1. The van der Waals surface area contributed by atoms with Crippen LogP contribution in [0.3, 0.4) is 0 Å². The molecule has 2 fully saturated rings. The monoisotopic (exact) mass is 282 g/mol. The minimum Gasteiger partial charge on any atom is -0.444 e. The molecule has 0 aliphatic heterocycles. The van der Waals surface area contributed by atoms with Crippen LogP contribution in [0.2, 0.25) is 0 Å². The second kappa shape index (κ2) is 6.33. The van der Waals surface area contributed by atoms with Crippen molar-refractivity contribution in [3.63, 3.8) is 0 Å². The third-order valence-electron chi connectivity index (χ3n) is 4.29. The molecule has 0 atom stereocenters. The topological polar surface area (TPSA) is 50.4 Å². The molecule has 0 unspecified atom stereocenters. The zero-order valence-electron chi connectivity index (χ0n) is 13.4. The number of ether oxygens (including phenoxy) is 1. The first-order chi connectivity index (χ1) is 9.32. The van der Waals surface area contributed by atoms with E-state index in [1.165, 1.54) is 12.8 Å². The molecule has 4 nitrogen and oxygen atoms in total. The maximum atomic E-state index is 11.7. The highest BCUT2D eigenvalue weighted by Gasteiger charge is 2.30. The SMILES string of the molecule is CC1CC(NC2CCC(NC(=O)OC(C)(C)C)CC2)C1. The highest BCUT2D eigenvalue weighted by Crippen LogP contribution is 2.29. The van der Waals surface area contributed by atoms with Crippen LogP contribution in [0.25, 0.3) is 0 Å². The van der Waals surface area contributed by atoms with Gasteiger partial charge in [-0.05, 0) is 65.2 Å². The summed E-state index contributed by atoms with van der Waals surface area (Å²) >= 11 is 0. The van der Waals surface area contributed by atoms with Crippen LogP contribution in [0.1, 0.15) is 66.2 Å². The highest BCUT2D eigenvalue weighted by molar-refractivity contribution is 5.68. The van der Waals surface area contributed by atoms with E-state index in [9.17, 15) is 4.79 Å². The van der Waals surface area contributed by atoms with Crippen molar-refractivity contribution in [1.29, 1.82) is 0 Å². The number of nitrogens with one attached hydrogen (secondary N) is 2. The summed E-state index contributed by atoms with van der Waals surface area (Å²) in [6.07, 6.45) is 6.81. The first-order valence-electron chi connectivity index (χ1n) is 8.07. The first-order valence-corrected chi connectivity index (χ1v) is 8.07. The van der Waals surface area contributed by atoms with Crippen molar-refractivity contribution in [3.8, 4) is 0 Å². The Morgan fingerprint density at radius 1 is 1.00 bits per heavy atom. The van der Waals surface area contributed by atoms with Crippen molar-refractivity contribution in [2.45, 2.75) is 89.9 Å². The Bertz CT molecular complexity index is 324. The molecule has 2 aliphatic rings. The largest absolute Gasteiger partial charge is 0.444 e. The summed E-state index contributed by atoms with van der Waals surface area (Å²) in [5.41, 5.74) is -0.413. The molecule has 1 amide bonds. The van der Waals surface area contributed by atoms with Gasteiger partial charge in [0.1, 0.15) is 5.60 Å². The molecule has 0 saturated heterocycles. The van der Waals surface area contributed by atoms with E-state index in [1.54, 1.807) is 0 Å². The van der Waals surface area contributed by atoms with E-state index in [2.05, 4.69) is 17.6 Å². The Hall–Kier alpha value is -0.770. The van der Waals surface area contributed by atoms with E-state index in [0.29, 0.717) is 6.04 Å². The molecule has 116 valence electrons. The maximum Gasteiger partial charge on any atom is 0.407 e. The Kier molecular flexibility index (Phi) is 4.95. The summed E-state index contributed by atoms with van der Waals surface area (Å²) in [5, 5.41) is 6.75. The summed E-state index contributed by atoms with van der Waals surface area (Å²) in [7, 11) is 0. The first kappa shape index (κ1) is 15.6. The molecule has 4 heteroatoms. The lowest BCUT2D eigenvalue weighted by molar-refractivity contribution is 0.0487. The second-order valence-electron chi connectivity index (χ2n) is 7.63. The summed E-state index contributed by atoms with van der Waals surface area (Å²) in [6, 6.07) is 1.66. The summed E-state index contributed by atoms with van der Waals surface area (Å²) in [6.45, 7) is 8.01. The van der Waals surface area contributed by atoms with Gasteiger partial charge >= 0.3 is 6.09 Å². The Labute approximate surface area is 123 Å². The van der Waals surface area contributed by atoms with Gasteiger partial charge in [0.2, 0.25) is 0 Å². The van der Waals surface area contributed by atoms with Crippen molar-refractivity contribution in [2.75, 3.05) is 0 Å².